The van der Waals surface area contributed by atoms with Gasteiger partial charge in [0.25, 0.3) is 0 Å². The predicted molar refractivity (Wildman–Crippen MR) is 61.6 cm³/mol. The smallest absolute Gasteiger partial charge is 0.168 e. The predicted octanol–water partition coefficient (Wildman–Crippen LogP) is 2.55. The molecular weight excluding hydrogens is 202 g/mol. The highest BCUT2D eigenvalue weighted by Crippen LogP contribution is 2.13. The first kappa shape index (κ1) is 10.6. The Morgan fingerprint density at radius 1 is 1.38 bits per heavy atom. The molecule has 2 rings (SSSR count). The van der Waals surface area contributed by atoms with Gasteiger partial charge in [-0.3, -0.25) is 4.79 Å². The molecule has 0 fully saturated rings. The lowest BCUT2D eigenvalue weighted by Crippen LogP contribution is -2.01. The van der Waals surface area contributed by atoms with Crippen molar-refractivity contribution in [2.24, 2.45) is 0 Å². The van der Waals surface area contributed by atoms with Crippen molar-refractivity contribution >= 4 is 6.29 Å². The van der Waals surface area contributed by atoms with E-state index in [4.69, 9.17) is 4.74 Å². The second-order valence-corrected chi connectivity index (χ2v) is 3.58. The number of pyridine rings is 1. The summed E-state index contributed by atoms with van der Waals surface area (Å²) in [4.78, 5) is 14.3. The van der Waals surface area contributed by atoms with Crippen molar-refractivity contribution in [2.75, 3.05) is 6.61 Å². The fraction of sp³-hybridized carbons (Fsp3) is 0.231. The molecule has 1 aromatic rings. The van der Waals surface area contributed by atoms with Crippen LogP contribution in [-0.2, 0) is 0 Å². The van der Waals surface area contributed by atoms with Crippen LogP contribution in [0, 0.1) is 0 Å². The Labute approximate surface area is 94.5 Å². The molecule has 0 spiro atoms. The van der Waals surface area contributed by atoms with Gasteiger partial charge in [0.15, 0.2) is 6.29 Å². The number of carbonyl (C=O) groups is 1. The molecule has 3 nitrogen and oxygen atoms in total. The van der Waals surface area contributed by atoms with Crippen molar-refractivity contribution in [1.82, 2.24) is 4.98 Å². The minimum Gasteiger partial charge on any atom is -0.487 e. The zero-order valence-electron chi connectivity index (χ0n) is 8.93. The minimum absolute atomic E-state index is 0.420. The second kappa shape index (κ2) is 5.26. The number of nitrogens with zero attached hydrogens (tertiary/aromatic N) is 1. The van der Waals surface area contributed by atoms with Crippen LogP contribution in [0.5, 0.6) is 5.75 Å². The minimum atomic E-state index is 0.420. The molecule has 0 bridgehead atoms. The van der Waals surface area contributed by atoms with Gasteiger partial charge in [-0.15, -0.1) is 0 Å². The fourth-order valence-electron chi connectivity index (χ4n) is 1.49. The van der Waals surface area contributed by atoms with Crippen LogP contribution in [0.1, 0.15) is 23.3 Å². The largest absolute Gasteiger partial charge is 0.487 e. The maximum atomic E-state index is 10.4. The maximum Gasteiger partial charge on any atom is 0.168 e. The summed E-state index contributed by atoms with van der Waals surface area (Å²) in [6.45, 7) is 0.554. The van der Waals surface area contributed by atoms with Gasteiger partial charge in [0.05, 0.1) is 6.20 Å². The summed E-state index contributed by atoms with van der Waals surface area (Å²) in [6, 6.07) is 3.40. The summed E-state index contributed by atoms with van der Waals surface area (Å²) < 4.78 is 5.55. The summed E-state index contributed by atoms with van der Waals surface area (Å²) in [5.74, 6) is 0.686. The highest BCUT2D eigenvalue weighted by molar-refractivity contribution is 5.71. The van der Waals surface area contributed by atoms with E-state index in [2.05, 4.69) is 23.2 Å². The van der Waals surface area contributed by atoms with Gasteiger partial charge in [0.1, 0.15) is 18.1 Å². The molecule has 0 saturated carbocycles. The van der Waals surface area contributed by atoms with Gasteiger partial charge in [-0.25, -0.2) is 4.98 Å². The van der Waals surface area contributed by atoms with Crippen molar-refractivity contribution in [1.29, 1.82) is 0 Å². The molecule has 0 aliphatic heterocycles. The van der Waals surface area contributed by atoms with E-state index < -0.39 is 0 Å². The Bertz CT molecular complexity index is 418. The van der Waals surface area contributed by atoms with Crippen LogP contribution in [-0.4, -0.2) is 17.9 Å². The molecule has 0 aromatic carbocycles. The highest BCUT2D eigenvalue weighted by Gasteiger charge is 2.00. The van der Waals surface area contributed by atoms with E-state index in [1.165, 1.54) is 5.57 Å². The first-order valence-electron chi connectivity index (χ1n) is 5.28. The van der Waals surface area contributed by atoms with E-state index in [1.54, 1.807) is 18.3 Å². The summed E-state index contributed by atoms with van der Waals surface area (Å²) in [7, 11) is 0. The summed E-state index contributed by atoms with van der Waals surface area (Å²) in [6.07, 6.45) is 10.9. The average Bonchev–Trinajstić information content (AvgIpc) is 2.38. The van der Waals surface area contributed by atoms with E-state index in [-0.39, 0.29) is 0 Å². The Balaban J connectivity index is 1.91. The molecule has 0 atom stereocenters. The Morgan fingerprint density at radius 3 is 2.94 bits per heavy atom. The molecule has 0 radical (unpaired) electrons. The SMILES string of the molecule is O=Cc1ccc(OCC2=CCCC=C2)cn1. The molecular formula is C13H13NO2. The average molecular weight is 215 g/mol. The molecule has 0 N–H and O–H groups in total. The number of aromatic nitrogens is 1. The molecule has 3 heteroatoms. The zero-order valence-corrected chi connectivity index (χ0v) is 8.93. The molecule has 82 valence electrons. The van der Waals surface area contributed by atoms with Gasteiger partial charge in [0, 0.05) is 0 Å². The number of hydrogen-bond donors (Lipinski definition) is 0. The van der Waals surface area contributed by atoms with Gasteiger partial charge in [-0.2, -0.15) is 0 Å². The van der Waals surface area contributed by atoms with Crippen molar-refractivity contribution in [2.45, 2.75) is 12.8 Å². The van der Waals surface area contributed by atoms with E-state index in [9.17, 15) is 4.79 Å². The van der Waals surface area contributed by atoms with Gasteiger partial charge >= 0.3 is 0 Å². The van der Waals surface area contributed by atoms with Gasteiger partial charge in [-0.1, -0.05) is 18.2 Å². The summed E-state index contributed by atoms with van der Waals surface area (Å²) in [5, 5.41) is 0. The highest BCUT2D eigenvalue weighted by atomic mass is 16.5. The number of carbonyl (C=O) groups excluding carboxylic acids is 1. The second-order valence-electron chi connectivity index (χ2n) is 3.58. The van der Waals surface area contributed by atoms with Crippen LogP contribution in [0.15, 0.2) is 42.1 Å². The van der Waals surface area contributed by atoms with Gasteiger partial charge in [-0.05, 0) is 30.5 Å². The maximum absolute atomic E-state index is 10.4. The van der Waals surface area contributed by atoms with E-state index in [0.717, 1.165) is 19.1 Å². The first-order valence-corrected chi connectivity index (χ1v) is 5.28. The monoisotopic (exact) mass is 215 g/mol. The molecule has 1 aliphatic rings. The first-order chi connectivity index (χ1) is 7.88. The van der Waals surface area contributed by atoms with Crippen molar-refractivity contribution < 1.29 is 9.53 Å². The third kappa shape index (κ3) is 2.79. The van der Waals surface area contributed by atoms with Crippen LogP contribution < -0.4 is 4.74 Å². The lowest BCUT2D eigenvalue weighted by Gasteiger charge is -2.08. The van der Waals surface area contributed by atoms with E-state index >= 15 is 0 Å². The van der Waals surface area contributed by atoms with Crippen LogP contribution in [0.4, 0.5) is 0 Å². The number of rotatable bonds is 4. The van der Waals surface area contributed by atoms with Crippen LogP contribution >= 0.6 is 0 Å². The number of ether oxygens (including phenoxy) is 1. The molecule has 1 aromatic heterocycles. The van der Waals surface area contributed by atoms with E-state index in [1.807, 2.05) is 0 Å². The third-order valence-electron chi connectivity index (χ3n) is 2.36. The normalized spacial score (nSPS) is 14.4. The molecule has 16 heavy (non-hydrogen) atoms. The van der Waals surface area contributed by atoms with Crippen molar-refractivity contribution in [3.05, 3.63) is 47.8 Å². The third-order valence-corrected chi connectivity index (χ3v) is 2.36. The lowest BCUT2D eigenvalue weighted by molar-refractivity contribution is 0.111. The summed E-state index contributed by atoms with van der Waals surface area (Å²) >= 11 is 0. The van der Waals surface area contributed by atoms with Crippen LogP contribution in [0.25, 0.3) is 0 Å². The lowest BCUT2D eigenvalue weighted by atomic mass is 10.1. The van der Waals surface area contributed by atoms with E-state index in [0.29, 0.717) is 18.1 Å². The zero-order chi connectivity index (χ0) is 11.2. The number of allylic oxidation sites excluding steroid dienone is 2. The quantitative estimate of drug-likeness (QED) is 0.724. The Morgan fingerprint density at radius 2 is 2.31 bits per heavy atom. The molecule has 1 heterocycles. The van der Waals surface area contributed by atoms with Gasteiger partial charge in [0.2, 0.25) is 0 Å². The van der Waals surface area contributed by atoms with Crippen LogP contribution in [0.2, 0.25) is 0 Å². The standard InChI is InChI=1S/C13H13NO2/c15-9-12-6-7-13(8-14-12)16-10-11-4-2-1-3-5-11/h2,4-9H,1,3,10H2. The van der Waals surface area contributed by atoms with Gasteiger partial charge < -0.3 is 4.74 Å². The topological polar surface area (TPSA) is 39.2 Å². The Kier molecular flexibility index (Phi) is 3.49. The van der Waals surface area contributed by atoms with Crippen LogP contribution in [0.3, 0.4) is 0 Å². The molecule has 0 saturated heterocycles. The van der Waals surface area contributed by atoms with Crippen molar-refractivity contribution in [3.8, 4) is 5.75 Å². The molecule has 1 aliphatic carbocycles. The van der Waals surface area contributed by atoms with Crippen molar-refractivity contribution in [3.63, 3.8) is 0 Å². The molecule has 0 amide bonds. The number of aldehydes is 1. The number of hydrogen-bond acceptors (Lipinski definition) is 3. The Hall–Kier alpha value is -1.90. The fourth-order valence-corrected chi connectivity index (χ4v) is 1.49. The summed E-state index contributed by atoms with van der Waals surface area (Å²) in [5.41, 5.74) is 1.61. The molecule has 0 unspecified atom stereocenters.